The third-order valence-electron chi connectivity index (χ3n) is 3.61. The Morgan fingerprint density at radius 1 is 1.16 bits per heavy atom. The van der Waals surface area contributed by atoms with Gasteiger partial charge in [0.15, 0.2) is 9.84 Å². The Kier molecular flexibility index (Phi) is 5.97. The summed E-state index contributed by atoms with van der Waals surface area (Å²) in [5.41, 5.74) is 1.59. The monoisotopic (exact) mass is 381 g/mol. The Morgan fingerprint density at radius 2 is 1.80 bits per heavy atom. The highest BCUT2D eigenvalue weighted by atomic mass is 32.2. The van der Waals surface area contributed by atoms with Crippen LogP contribution in [0.1, 0.15) is 26.4 Å². The summed E-state index contributed by atoms with van der Waals surface area (Å²) < 4.78 is 29.1. The van der Waals surface area contributed by atoms with Crippen LogP contribution in [0.5, 0.6) is 0 Å². The minimum atomic E-state index is -3.62. The van der Waals surface area contributed by atoms with Crippen LogP contribution in [0, 0.1) is 13.8 Å². The molecule has 0 radical (unpaired) electrons. The van der Waals surface area contributed by atoms with E-state index in [4.69, 9.17) is 4.74 Å². The highest BCUT2D eigenvalue weighted by Crippen LogP contribution is 2.32. The third-order valence-corrected chi connectivity index (χ3v) is 6.21. The van der Waals surface area contributed by atoms with Gasteiger partial charge in [0.1, 0.15) is 10.8 Å². The fourth-order valence-electron chi connectivity index (χ4n) is 2.30. The first-order valence-corrected chi connectivity index (χ1v) is 10.1. The first-order chi connectivity index (χ1) is 11.7. The van der Waals surface area contributed by atoms with Gasteiger partial charge < -0.3 is 10.1 Å². The van der Waals surface area contributed by atoms with Crippen LogP contribution in [-0.2, 0) is 25.1 Å². The topological polar surface area (TPSA) is 89.5 Å². The zero-order chi connectivity index (χ0) is 18.6. The van der Waals surface area contributed by atoms with Gasteiger partial charge in [-0.3, -0.25) is 4.79 Å². The number of nitrogens with one attached hydrogen (secondary N) is 1. The van der Waals surface area contributed by atoms with Gasteiger partial charge in [-0.1, -0.05) is 30.3 Å². The van der Waals surface area contributed by atoms with Crippen LogP contribution >= 0.6 is 11.3 Å². The van der Waals surface area contributed by atoms with E-state index in [1.165, 1.54) is 18.4 Å². The molecular formula is C17H19NO5S2. The van der Waals surface area contributed by atoms with Crippen molar-refractivity contribution < 1.29 is 22.7 Å². The molecule has 1 N–H and O–H groups in total. The number of rotatable bonds is 6. The number of carbonyl (C=O) groups is 2. The average molecular weight is 381 g/mol. The van der Waals surface area contributed by atoms with E-state index < -0.39 is 27.5 Å². The van der Waals surface area contributed by atoms with Crippen LogP contribution in [0.4, 0.5) is 5.00 Å². The highest BCUT2D eigenvalue weighted by Gasteiger charge is 2.24. The second-order valence-electron chi connectivity index (χ2n) is 5.54. The molecule has 0 saturated carbocycles. The molecule has 2 aromatic rings. The summed E-state index contributed by atoms with van der Waals surface area (Å²) >= 11 is 1.22. The summed E-state index contributed by atoms with van der Waals surface area (Å²) in [5, 5.41) is 2.84. The summed E-state index contributed by atoms with van der Waals surface area (Å²) in [6.45, 7) is 3.56. The van der Waals surface area contributed by atoms with E-state index in [2.05, 4.69) is 5.32 Å². The number of carbonyl (C=O) groups excluding carboxylic acids is 2. The average Bonchev–Trinajstić information content (AvgIpc) is 2.80. The molecule has 0 saturated heterocycles. The lowest BCUT2D eigenvalue weighted by atomic mass is 10.1. The molecular weight excluding hydrogens is 362 g/mol. The van der Waals surface area contributed by atoms with E-state index >= 15 is 0 Å². The number of hydrogen-bond donors (Lipinski definition) is 1. The number of ether oxygens (including phenoxy) is 1. The molecule has 1 heterocycles. The number of amides is 1. The maximum absolute atomic E-state index is 12.2. The van der Waals surface area contributed by atoms with Crippen molar-refractivity contribution in [2.75, 3.05) is 18.2 Å². The molecule has 0 fully saturated rings. The molecule has 25 heavy (non-hydrogen) atoms. The van der Waals surface area contributed by atoms with Gasteiger partial charge in [-0.2, -0.15) is 0 Å². The van der Waals surface area contributed by atoms with Gasteiger partial charge >= 0.3 is 5.97 Å². The van der Waals surface area contributed by atoms with Crippen LogP contribution in [-0.4, -0.2) is 33.2 Å². The summed E-state index contributed by atoms with van der Waals surface area (Å²) in [6, 6.07) is 8.65. The predicted octanol–water partition coefficient (Wildman–Crippen LogP) is 2.71. The molecule has 0 aliphatic rings. The van der Waals surface area contributed by atoms with Gasteiger partial charge in [-0.05, 0) is 25.0 Å². The van der Waals surface area contributed by atoms with E-state index in [1.807, 2.05) is 6.92 Å². The van der Waals surface area contributed by atoms with Crippen molar-refractivity contribution in [2.24, 2.45) is 0 Å². The minimum Gasteiger partial charge on any atom is -0.465 e. The zero-order valence-electron chi connectivity index (χ0n) is 14.2. The Hall–Kier alpha value is -2.19. The smallest absolute Gasteiger partial charge is 0.341 e. The van der Waals surface area contributed by atoms with Crippen LogP contribution in [0.15, 0.2) is 30.3 Å². The molecule has 0 atom stereocenters. The van der Waals surface area contributed by atoms with Crippen molar-refractivity contribution >= 4 is 38.1 Å². The van der Waals surface area contributed by atoms with Gasteiger partial charge in [-0.15, -0.1) is 11.3 Å². The van der Waals surface area contributed by atoms with Gasteiger partial charge in [0, 0.05) is 4.88 Å². The van der Waals surface area contributed by atoms with Crippen LogP contribution < -0.4 is 5.32 Å². The molecule has 8 heteroatoms. The van der Waals surface area contributed by atoms with Gasteiger partial charge in [0.2, 0.25) is 5.91 Å². The first-order valence-electron chi connectivity index (χ1n) is 7.46. The number of anilines is 1. The Morgan fingerprint density at radius 3 is 2.40 bits per heavy atom. The van der Waals surface area contributed by atoms with Crippen molar-refractivity contribution in [1.29, 1.82) is 0 Å². The van der Waals surface area contributed by atoms with Gasteiger partial charge in [0.25, 0.3) is 0 Å². The molecule has 0 aliphatic carbocycles. The first kappa shape index (κ1) is 19.1. The number of benzene rings is 1. The Bertz CT molecular complexity index is 885. The summed E-state index contributed by atoms with van der Waals surface area (Å²) in [6.07, 6.45) is 0. The molecule has 0 bridgehead atoms. The van der Waals surface area contributed by atoms with E-state index in [1.54, 1.807) is 37.3 Å². The highest BCUT2D eigenvalue weighted by molar-refractivity contribution is 7.91. The van der Waals surface area contributed by atoms with Gasteiger partial charge in [-0.25, -0.2) is 13.2 Å². The standard InChI is InChI=1S/C17H19NO5S2/c1-11-12(2)24-16(15(11)17(20)23-3)18-14(19)10-25(21,22)9-13-7-5-4-6-8-13/h4-8H,9-10H2,1-3H3,(H,18,19). The van der Waals surface area contributed by atoms with Crippen molar-refractivity contribution in [3.8, 4) is 0 Å². The van der Waals surface area contributed by atoms with E-state index in [0.717, 1.165) is 4.88 Å². The maximum Gasteiger partial charge on any atom is 0.341 e. The van der Waals surface area contributed by atoms with E-state index in [0.29, 0.717) is 16.1 Å². The van der Waals surface area contributed by atoms with Crippen molar-refractivity contribution in [3.63, 3.8) is 0 Å². The van der Waals surface area contributed by atoms with Gasteiger partial charge in [0.05, 0.1) is 18.4 Å². The fourth-order valence-corrected chi connectivity index (χ4v) is 4.64. The molecule has 1 aromatic heterocycles. The molecule has 1 amide bonds. The van der Waals surface area contributed by atoms with Crippen LogP contribution in [0.3, 0.4) is 0 Å². The zero-order valence-corrected chi connectivity index (χ0v) is 15.8. The summed E-state index contributed by atoms with van der Waals surface area (Å²) in [7, 11) is -2.36. The van der Waals surface area contributed by atoms with Crippen molar-refractivity contribution in [3.05, 3.63) is 51.9 Å². The Balaban J connectivity index is 2.13. The SMILES string of the molecule is COC(=O)c1c(NC(=O)CS(=O)(=O)Cc2ccccc2)sc(C)c1C. The number of esters is 1. The number of methoxy groups -OCH3 is 1. The second kappa shape index (κ2) is 7.79. The second-order valence-corrected chi connectivity index (χ2v) is 8.83. The normalized spacial score (nSPS) is 11.2. The third kappa shape index (κ3) is 4.90. The van der Waals surface area contributed by atoms with Crippen molar-refractivity contribution in [2.45, 2.75) is 19.6 Å². The molecule has 0 spiro atoms. The van der Waals surface area contributed by atoms with Crippen LogP contribution in [0.25, 0.3) is 0 Å². The largest absolute Gasteiger partial charge is 0.465 e. The number of thiophene rings is 1. The molecule has 0 unspecified atom stereocenters. The number of aryl methyl sites for hydroxylation is 1. The quantitative estimate of drug-likeness (QED) is 0.777. The number of sulfone groups is 1. The lowest BCUT2D eigenvalue weighted by Gasteiger charge is -2.07. The van der Waals surface area contributed by atoms with Crippen molar-refractivity contribution in [1.82, 2.24) is 0 Å². The number of hydrogen-bond acceptors (Lipinski definition) is 6. The molecule has 1 aromatic carbocycles. The summed E-state index contributed by atoms with van der Waals surface area (Å²) in [5.74, 6) is -2.11. The molecule has 0 aliphatic heterocycles. The lowest BCUT2D eigenvalue weighted by molar-refractivity contribution is -0.113. The fraction of sp³-hybridized carbons (Fsp3) is 0.294. The van der Waals surface area contributed by atoms with E-state index in [-0.39, 0.29) is 11.3 Å². The molecule has 6 nitrogen and oxygen atoms in total. The Labute approximate surface area is 150 Å². The van der Waals surface area contributed by atoms with E-state index in [9.17, 15) is 18.0 Å². The predicted molar refractivity (Wildman–Crippen MR) is 97.7 cm³/mol. The van der Waals surface area contributed by atoms with Crippen LogP contribution in [0.2, 0.25) is 0 Å². The minimum absolute atomic E-state index is 0.215. The molecule has 2 rings (SSSR count). The lowest BCUT2D eigenvalue weighted by Crippen LogP contribution is -2.24. The molecule has 134 valence electrons. The maximum atomic E-state index is 12.2. The summed E-state index contributed by atoms with van der Waals surface area (Å²) in [4.78, 5) is 24.9.